The SMILES string of the molecule is Cc1ccc(NC(=O)CN2CCC[C@@H](C(=O)Nc3ccccc3)C2)cc1Br. The molecule has 2 amide bonds. The molecule has 1 aliphatic heterocycles. The van der Waals surface area contributed by atoms with E-state index < -0.39 is 0 Å². The van der Waals surface area contributed by atoms with Gasteiger partial charge < -0.3 is 10.6 Å². The number of para-hydroxylation sites is 1. The summed E-state index contributed by atoms with van der Waals surface area (Å²) in [6.07, 6.45) is 1.76. The van der Waals surface area contributed by atoms with Crippen LogP contribution in [0.2, 0.25) is 0 Å². The Bertz CT molecular complexity index is 810. The molecule has 5 nitrogen and oxygen atoms in total. The van der Waals surface area contributed by atoms with Crippen molar-refractivity contribution < 1.29 is 9.59 Å². The van der Waals surface area contributed by atoms with Gasteiger partial charge in [-0.1, -0.05) is 40.2 Å². The molecular weight excluding hydrogens is 406 g/mol. The van der Waals surface area contributed by atoms with E-state index in [0.717, 1.165) is 40.8 Å². The summed E-state index contributed by atoms with van der Waals surface area (Å²) in [5.41, 5.74) is 2.70. The zero-order chi connectivity index (χ0) is 19.2. The lowest BCUT2D eigenvalue weighted by Gasteiger charge is -2.31. The van der Waals surface area contributed by atoms with Crippen LogP contribution < -0.4 is 10.6 Å². The normalized spacial score (nSPS) is 17.3. The largest absolute Gasteiger partial charge is 0.326 e. The number of nitrogens with one attached hydrogen (secondary N) is 2. The number of anilines is 2. The van der Waals surface area contributed by atoms with Crippen molar-refractivity contribution in [2.24, 2.45) is 5.92 Å². The van der Waals surface area contributed by atoms with Crippen LogP contribution in [-0.2, 0) is 9.59 Å². The number of halogens is 1. The fraction of sp³-hybridized carbons (Fsp3) is 0.333. The van der Waals surface area contributed by atoms with Gasteiger partial charge in [0.25, 0.3) is 0 Å². The first kappa shape index (κ1) is 19.6. The van der Waals surface area contributed by atoms with Crippen LogP contribution in [0.3, 0.4) is 0 Å². The maximum atomic E-state index is 12.5. The Morgan fingerprint density at radius 2 is 1.89 bits per heavy atom. The minimum Gasteiger partial charge on any atom is -0.326 e. The summed E-state index contributed by atoms with van der Waals surface area (Å²) in [5.74, 6) is -0.135. The molecule has 1 heterocycles. The van der Waals surface area contributed by atoms with Crippen molar-refractivity contribution in [1.82, 2.24) is 4.90 Å². The third-order valence-electron chi connectivity index (χ3n) is 4.74. The van der Waals surface area contributed by atoms with Crippen molar-refractivity contribution in [3.63, 3.8) is 0 Å². The Hall–Kier alpha value is -2.18. The molecule has 6 heteroatoms. The maximum absolute atomic E-state index is 12.5. The van der Waals surface area contributed by atoms with Gasteiger partial charge in [-0.3, -0.25) is 14.5 Å². The highest BCUT2D eigenvalue weighted by molar-refractivity contribution is 9.10. The zero-order valence-electron chi connectivity index (χ0n) is 15.4. The molecule has 2 N–H and O–H groups in total. The lowest BCUT2D eigenvalue weighted by atomic mass is 9.97. The van der Waals surface area contributed by atoms with E-state index in [2.05, 4.69) is 31.5 Å². The summed E-state index contributed by atoms with van der Waals surface area (Å²) in [6.45, 7) is 3.73. The second-order valence-corrected chi connectivity index (χ2v) is 7.80. The van der Waals surface area contributed by atoms with E-state index in [4.69, 9.17) is 0 Å². The second-order valence-electron chi connectivity index (χ2n) is 6.94. The van der Waals surface area contributed by atoms with Crippen LogP contribution in [0.5, 0.6) is 0 Å². The molecule has 0 saturated carbocycles. The van der Waals surface area contributed by atoms with Gasteiger partial charge in [0.15, 0.2) is 0 Å². The van der Waals surface area contributed by atoms with E-state index in [-0.39, 0.29) is 17.7 Å². The van der Waals surface area contributed by atoms with Crippen LogP contribution in [0.25, 0.3) is 0 Å². The average Bonchev–Trinajstić information content (AvgIpc) is 2.66. The van der Waals surface area contributed by atoms with Gasteiger partial charge in [0.2, 0.25) is 11.8 Å². The number of nitrogens with zero attached hydrogens (tertiary/aromatic N) is 1. The smallest absolute Gasteiger partial charge is 0.238 e. The molecule has 2 aromatic rings. The first-order chi connectivity index (χ1) is 13.0. The summed E-state index contributed by atoms with van der Waals surface area (Å²) in [7, 11) is 0. The van der Waals surface area contributed by atoms with Crippen molar-refractivity contribution in [3.8, 4) is 0 Å². The van der Waals surface area contributed by atoms with Gasteiger partial charge in [-0.05, 0) is 56.1 Å². The van der Waals surface area contributed by atoms with Crippen molar-refractivity contribution in [3.05, 3.63) is 58.6 Å². The van der Waals surface area contributed by atoms with Crippen LogP contribution in [0.1, 0.15) is 18.4 Å². The summed E-state index contributed by atoms with van der Waals surface area (Å²) < 4.78 is 0.968. The molecule has 0 spiro atoms. The molecule has 1 atom stereocenters. The van der Waals surface area contributed by atoms with Crippen molar-refractivity contribution >= 4 is 39.1 Å². The van der Waals surface area contributed by atoms with Gasteiger partial charge in [0.1, 0.15) is 0 Å². The maximum Gasteiger partial charge on any atom is 0.238 e. The van der Waals surface area contributed by atoms with E-state index >= 15 is 0 Å². The third-order valence-corrected chi connectivity index (χ3v) is 5.59. The van der Waals surface area contributed by atoms with Crippen LogP contribution >= 0.6 is 15.9 Å². The summed E-state index contributed by atoms with van der Waals surface area (Å²) >= 11 is 3.48. The Morgan fingerprint density at radius 1 is 1.11 bits per heavy atom. The zero-order valence-corrected chi connectivity index (χ0v) is 17.0. The quantitative estimate of drug-likeness (QED) is 0.753. The minimum atomic E-state index is -0.0970. The van der Waals surface area contributed by atoms with Gasteiger partial charge in [-0.25, -0.2) is 0 Å². The number of amides is 2. The van der Waals surface area contributed by atoms with Crippen molar-refractivity contribution in [2.45, 2.75) is 19.8 Å². The van der Waals surface area contributed by atoms with Crippen LogP contribution in [-0.4, -0.2) is 36.3 Å². The van der Waals surface area contributed by atoms with E-state index in [9.17, 15) is 9.59 Å². The predicted octanol–water partition coefficient (Wildman–Crippen LogP) is 4.05. The third kappa shape index (κ3) is 5.65. The Labute approximate surface area is 168 Å². The Morgan fingerprint density at radius 3 is 2.63 bits per heavy atom. The number of hydrogen-bond donors (Lipinski definition) is 2. The van der Waals surface area contributed by atoms with E-state index in [1.165, 1.54) is 0 Å². The number of benzene rings is 2. The average molecular weight is 430 g/mol. The second kappa shape index (κ2) is 9.15. The van der Waals surface area contributed by atoms with E-state index in [1.807, 2.05) is 55.5 Å². The van der Waals surface area contributed by atoms with Crippen LogP contribution in [0, 0.1) is 12.8 Å². The number of likely N-dealkylation sites (tertiary alicyclic amines) is 1. The van der Waals surface area contributed by atoms with Crippen LogP contribution in [0.15, 0.2) is 53.0 Å². The van der Waals surface area contributed by atoms with Crippen molar-refractivity contribution in [1.29, 1.82) is 0 Å². The lowest BCUT2D eigenvalue weighted by Crippen LogP contribution is -2.43. The highest BCUT2D eigenvalue weighted by Gasteiger charge is 2.26. The molecule has 0 radical (unpaired) electrons. The molecule has 0 bridgehead atoms. The minimum absolute atomic E-state index is 0.0220. The Balaban J connectivity index is 1.52. The highest BCUT2D eigenvalue weighted by atomic mass is 79.9. The molecule has 0 unspecified atom stereocenters. The first-order valence-electron chi connectivity index (χ1n) is 9.15. The predicted molar refractivity (Wildman–Crippen MR) is 112 cm³/mol. The van der Waals surface area contributed by atoms with Crippen molar-refractivity contribution in [2.75, 3.05) is 30.3 Å². The van der Waals surface area contributed by atoms with Gasteiger partial charge in [-0.15, -0.1) is 0 Å². The standard InChI is InChI=1S/C21H24BrN3O2/c1-15-9-10-18(12-19(15)22)23-20(26)14-25-11-5-6-16(13-25)21(27)24-17-7-3-2-4-8-17/h2-4,7-10,12,16H,5-6,11,13-14H2,1H3,(H,23,26)(H,24,27)/t16-/m1/s1. The molecule has 142 valence electrons. The van der Waals surface area contributed by atoms with Gasteiger partial charge in [0, 0.05) is 22.4 Å². The molecule has 0 aliphatic carbocycles. The summed E-state index contributed by atoms with van der Waals surface area (Å²) in [4.78, 5) is 26.9. The number of aryl methyl sites for hydroxylation is 1. The Kier molecular flexibility index (Phi) is 6.63. The molecule has 27 heavy (non-hydrogen) atoms. The number of piperidine rings is 1. The van der Waals surface area contributed by atoms with E-state index in [1.54, 1.807) is 0 Å². The molecular formula is C21H24BrN3O2. The molecule has 1 saturated heterocycles. The van der Waals surface area contributed by atoms with Crippen LogP contribution in [0.4, 0.5) is 11.4 Å². The summed E-state index contributed by atoms with van der Waals surface area (Å²) in [6, 6.07) is 15.2. The number of carbonyl (C=O) groups is 2. The van der Waals surface area contributed by atoms with Gasteiger partial charge in [0.05, 0.1) is 12.5 Å². The molecule has 1 fully saturated rings. The first-order valence-corrected chi connectivity index (χ1v) is 9.95. The van der Waals surface area contributed by atoms with Gasteiger partial charge >= 0.3 is 0 Å². The topological polar surface area (TPSA) is 61.4 Å². The fourth-order valence-corrected chi connectivity index (χ4v) is 3.63. The monoisotopic (exact) mass is 429 g/mol. The number of carbonyl (C=O) groups excluding carboxylic acids is 2. The fourth-order valence-electron chi connectivity index (χ4n) is 3.25. The molecule has 3 rings (SSSR count). The molecule has 2 aromatic carbocycles. The highest BCUT2D eigenvalue weighted by Crippen LogP contribution is 2.21. The lowest BCUT2D eigenvalue weighted by molar-refractivity contribution is -0.123. The van der Waals surface area contributed by atoms with Gasteiger partial charge in [-0.2, -0.15) is 0 Å². The molecule has 0 aromatic heterocycles. The number of hydrogen-bond acceptors (Lipinski definition) is 3. The van der Waals surface area contributed by atoms with E-state index in [0.29, 0.717) is 13.1 Å². The number of rotatable bonds is 5. The summed E-state index contributed by atoms with van der Waals surface area (Å²) in [5, 5.41) is 5.90. The molecule has 1 aliphatic rings.